The van der Waals surface area contributed by atoms with Crippen LogP contribution in [0.3, 0.4) is 0 Å². The second kappa shape index (κ2) is 5.92. The van der Waals surface area contributed by atoms with E-state index in [-0.39, 0.29) is 22.3 Å². The van der Waals surface area contributed by atoms with Gasteiger partial charge in [-0.05, 0) is 30.3 Å². The normalized spacial score (nSPS) is 14.8. The van der Waals surface area contributed by atoms with Gasteiger partial charge in [0.2, 0.25) is 11.5 Å². The quantitative estimate of drug-likeness (QED) is 0.357. The van der Waals surface area contributed by atoms with Crippen LogP contribution < -0.4 is 4.74 Å². The molecule has 2 aliphatic heterocycles. The molecular weight excluding hydrogens is 412 g/mol. The van der Waals surface area contributed by atoms with E-state index in [4.69, 9.17) is 9.47 Å². The maximum atomic E-state index is 12.7. The Balaban J connectivity index is 1.98. The van der Waals surface area contributed by atoms with Gasteiger partial charge in [0.05, 0.1) is 26.5 Å². The molecule has 0 aliphatic carbocycles. The average Bonchev–Trinajstić information content (AvgIpc) is 3.00. The number of carbonyl (C=O) groups is 1. The number of benzene rings is 3. The molecule has 0 saturated carbocycles. The topological polar surface area (TPSA) is 162 Å². The van der Waals surface area contributed by atoms with Crippen molar-refractivity contribution in [2.24, 2.45) is 0 Å². The number of aromatic hydroxyl groups is 2. The summed E-state index contributed by atoms with van der Waals surface area (Å²) in [7, 11) is 0. The van der Waals surface area contributed by atoms with Gasteiger partial charge < -0.3 is 19.7 Å². The van der Waals surface area contributed by atoms with Gasteiger partial charge in [-0.1, -0.05) is 18.2 Å². The first kappa shape index (κ1) is 18.4. The van der Waals surface area contributed by atoms with Gasteiger partial charge >= 0.3 is 17.3 Å². The van der Waals surface area contributed by atoms with Gasteiger partial charge in [0.25, 0.3) is 0 Å². The molecule has 0 radical (unpaired) electrons. The van der Waals surface area contributed by atoms with E-state index >= 15 is 0 Å². The van der Waals surface area contributed by atoms with Gasteiger partial charge in [-0.15, -0.1) is 0 Å². The molecule has 0 aromatic heterocycles. The van der Waals surface area contributed by atoms with Crippen LogP contribution in [0.4, 0.5) is 11.4 Å². The van der Waals surface area contributed by atoms with Crippen LogP contribution in [0.1, 0.15) is 27.0 Å². The molecule has 3 aromatic rings. The zero-order chi connectivity index (χ0) is 22.1. The standard InChI is InChI=1S/C20H10N2O9/c23-13-7-5-11-17(15(13)21(26)27)30-18-12(6-8-14(24)16(18)22(28)29)20(11)10-4-2-1-3-9(10)19(25)31-20/h1-8,23-24H. The number of nitrogens with zero attached hydrogens (tertiary/aromatic N) is 2. The van der Waals surface area contributed by atoms with Crippen LogP contribution in [0.2, 0.25) is 0 Å². The molecule has 1 spiro atoms. The van der Waals surface area contributed by atoms with Crippen molar-refractivity contribution in [3.63, 3.8) is 0 Å². The van der Waals surface area contributed by atoms with Crippen molar-refractivity contribution in [3.05, 3.63) is 91.0 Å². The summed E-state index contributed by atoms with van der Waals surface area (Å²) in [5, 5.41) is 43.5. The highest BCUT2D eigenvalue weighted by Crippen LogP contribution is 2.61. The molecule has 2 aliphatic rings. The number of carbonyl (C=O) groups excluding carboxylic acids is 1. The number of phenolic OH excluding ortho intramolecular Hbond substituents is 2. The Labute approximate surface area is 172 Å². The van der Waals surface area contributed by atoms with Crippen LogP contribution in [0.25, 0.3) is 0 Å². The number of fused-ring (bicyclic) bond motifs is 6. The number of hydrogen-bond acceptors (Lipinski definition) is 9. The summed E-state index contributed by atoms with van der Waals surface area (Å²) in [5.41, 5.74) is -3.10. The zero-order valence-electron chi connectivity index (χ0n) is 15.3. The van der Waals surface area contributed by atoms with Crippen molar-refractivity contribution in [1.29, 1.82) is 0 Å². The fourth-order valence-electron chi connectivity index (χ4n) is 4.10. The predicted octanol–water partition coefficient (Wildman–Crippen LogP) is 3.48. The lowest BCUT2D eigenvalue weighted by Gasteiger charge is -2.35. The summed E-state index contributed by atoms with van der Waals surface area (Å²) >= 11 is 0. The molecule has 2 heterocycles. The third kappa shape index (κ3) is 2.19. The molecule has 11 nitrogen and oxygen atoms in total. The second-order valence-corrected chi connectivity index (χ2v) is 6.85. The minimum Gasteiger partial charge on any atom is -0.502 e. The van der Waals surface area contributed by atoms with Crippen LogP contribution >= 0.6 is 0 Å². The van der Waals surface area contributed by atoms with Crippen LogP contribution in [0.15, 0.2) is 48.5 Å². The van der Waals surface area contributed by atoms with Gasteiger partial charge in [0.15, 0.2) is 17.1 Å². The van der Waals surface area contributed by atoms with Crippen molar-refractivity contribution in [1.82, 2.24) is 0 Å². The molecule has 154 valence electrons. The van der Waals surface area contributed by atoms with Gasteiger partial charge in [-0.25, -0.2) is 4.79 Å². The smallest absolute Gasteiger partial charge is 0.353 e. The van der Waals surface area contributed by atoms with E-state index < -0.39 is 55.8 Å². The van der Waals surface area contributed by atoms with Crippen molar-refractivity contribution in [3.8, 4) is 23.0 Å². The summed E-state index contributed by atoms with van der Waals surface area (Å²) in [6, 6.07) is 10.9. The van der Waals surface area contributed by atoms with Crippen LogP contribution in [0, 0.1) is 20.2 Å². The van der Waals surface area contributed by atoms with Gasteiger partial charge in [0, 0.05) is 5.56 Å². The van der Waals surface area contributed by atoms with Crippen LogP contribution in [0.5, 0.6) is 23.0 Å². The maximum Gasteiger partial charge on any atom is 0.353 e. The summed E-state index contributed by atoms with van der Waals surface area (Å²) in [4.78, 5) is 34.2. The molecule has 5 rings (SSSR count). The summed E-state index contributed by atoms with van der Waals surface area (Å²) in [5.74, 6) is -3.31. The second-order valence-electron chi connectivity index (χ2n) is 6.85. The Morgan fingerprint density at radius 2 is 1.29 bits per heavy atom. The molecule has 0 unspecified atom stereocenters. The van der Waals surface area contributed by atoms with E-state index in [1.54, 1.807) is 18.2 Å². The Bertz CT molecular complexity index is 1280. The highest BCUT2D eigenvalue weighted by atomic mass is 16.6. The Kier molecular flexibility index (Phi) is 3.51. The summed E-state index contributed by atoms with van der Waals surface area (Å²) < 4.78 is 11.3. The number of esters is 1. The minimum absolute atomic E-state index is 0.00258. The van der Waals surface area contributed by atoms with Crippen LogP contribution in [-0.4, -0.2) is 26.0 Å². The maximum absolute atomic E-state index is 12.7. The number of rotatable bonds is 2. The molecule has 0 atom stereocenters. The van der Waals surface area contributed by atoms with Crippen molar-refractivity contribution in [2.45, 2.75) is 5.60 Å². The number of phenols is 2. The molecule has 0 saturated heterocycles. The largest absolute Gasteiger partial charge is 0.502 e. The highest BCUT2D eigenvalue weighted by Gasteiger charge is 2.57. The number of ether oxygens (including phenoxy) is 2. The monoisotopic (exact) mass is 422 g/mol. The van der Waals surface area contributed by atoms with E-state index in [9.17, 15) is 35.2 Å². The minimum atomic E-state index is -1.83. The van der Waals surface area contributed by atoms with Gasteiger partial charge in [-0.2, -0.15) is 0 Å². The van der Waals surface area contributed by atoms with E-state index in [0.29, 0.717) is 0 Å². The lowest BCUT2D eigenvalue weighted by molar-refractivity contribution is -0.388. The molecule has 0 bridgehead atoms. The fourth-order valence-corrected chi connectivity index (χ4v) is 4.10. The lowest BCUT2D eigenvalue weighted by Crippen LogP contribution is -2.33. The zero-order valence-corrected chi connectivity index (χ0v) is 15.3. The van der Waals surface area contributed by atoms with E-state index in [1.807, 2.05) is 0 Å². The highest BCUT2D eigenvalue weighted by molar-refractivity contribution is 5.97. The van der Waals surface area contributed by atoms with Gasteiger partial charge in [0.1, 0.15) is 0 Å². The molecule has 31 heavy (non-hydrogen) atoms. The molecule has 11 heteroatoms. The SMILES string of the molecule is O=C1OC2(c3ccccc31)c1ccc(O)c([N+](=O)[O-])c1Oc1c2ccc(O)c1[N+](=O)[O-]. The summed E-state index contributed by atoms with van der Waals surface area (Å²) in [6.07, 6.45) is 0. The van der Waals surface area contributed by atoms with E-state index in [2.05, 4.69) is 0 Å². The third-order valence-corrected chi connectivity index (χ3v) is 5.32. The Morgan fingerprint density at radius 3 is 1.81 bits per heavy atom. The first-order chi connectivity index (χ1) is 14.8. The first-order valence-corrected chi connectivity index (χ1v) is 8.79. The molecule has 3 aromatic carbocycles. The third-order valence-electron chi connectivity index (χ3n) is 5.32. The fraction of sp³-hybridized carbons (Fsp3) is 0.0500. The molecular formula is C20H10N2O9. The number of nitro benzene ring substituents is 2. The first-order valence-electron chi connectivity index (χ1n) is 8.79. The van der Waals surface area contributed by atoms with Gasteiger partial charge in [-0.3, -0.25) is 20.2 Å². The average molecular weight is 422 g/mol. The predicted molar refractivity (Wildman–Crippen MR) is 101 cm³/mol. The van der Waals surface area contributed by atoms with Crippen molar-refractivity contribution in [2.75, 3.05) is 0 Å². The molecule has 0 fully saturated rings. The van der Waals surface area contributed by atoms with Crippen molar-refractivity contribution < 1.29 is 34.3 Å². The lowest BCUT2D eigenvalue weighted by atomic mass is 9.77. The molecule has 2 N–H and O–H groups in total. The van der Waals surface area contributed by atoms with E-state index in [1.165, 1.54) is 18.2 Å². The van der Waals surface area contributed by atoms with Crippen molar-refractivity contribution >= 4 is 17.3 Å². The Hall–Kier alpha value is -4.67. The van der Waals surface area contributed by atoms with E-state index in [0.717, 1.165) is 12.1 Å². The number of nitro groups is 2. The summed E-state index contributed by atoms with van der Waals surface area (Å²) in [6.45, 7) is 0. The van der Waals surface area contributed by atoms with Crippen LogP contribution in [-0.2, 0) is 10.3 Å². The Morgan fingerprint density at radius 1 is 0.774 bits per heavy atom. The molecule has 0 amide bonds. The number of hydrogen-bond donors (Lipinski definition) is 2.